The highest BCUT2D eigenvalue weighted by molar-refractivity contribution is 5.97. The van der Waals surface area contributed by atoms with Gasteiger partial charge in [-0.1, -0.05) is 31.2 Å². The molecule has 0 saturated carbocycles. The minimum Gasteiger partial charge on any atom is -0.299 e. The van der Waals surface area contributed by atoms with Gasteiger partial charge < -0.3 is 0 Å². The normalized spacial score (nSPS) is 10.6. The van der Waals surface area contributed by atoms with E-state index in [-0.39, 0.29) is 5.91 Å². The summed E-state index contributed by atoms with van der Waals surface area (Å²) in [5.41, 5.74) is 1.22. The Bertz CT molecular complexity index is 440. The number of carbonyl (C=O) groups excluding carboxylic acids is 2. The maximum atomic E-state index is 12.2. The van der Waals surface area contributed by atoms with Crippen molar-refractivity contribution in [2.24, 2.45) is 0 Å². The van der Waals surface area contributed by atoms with Gasteiger partial charge >= 0.3 is 0 Å². The van der Waals surface area contributed by atoms with Crippen LogP contribution in [0.3, 0.4) is 0 Å². The fourth-order valence-electron chi connectivity index (χ4n) is 1.59. The first-order valence-electron chi connectivity index (χ1n) is 5.81. The number of rotatable bonds is 6. The van der Waals surface area contributed by atoms with Gasteiger partial charge in [0, 0.05) is 12.1 Å². The summed E-state index contributed by atoms with van der Waals surface area (Å²) < 4.78 is 0. The molecule has 0 aromatic heterocycles. The van der Waals surface area contributed by atoms with Gasteiger partial charge in [-0.25, -0.2) is 5.06 Å². The second-order valence-electron chi connectivity index (χ2n) is 3.67. The zero-order chi connectivity index (χ0) is 13.4. The molecule has 18 heavy (non-hydrogen) atoms. The van der Waals surface area contributed by atoms with Crippen LogP contribution in [0, 0.1) is 0 Å². The summed E-state index contributed by atoms with van der Waals surface area (Å²) >= 11 is 0. The van der Waals surface area contributed by atoms with Crippen molar-refractivity contribution in [3.05, 3.63) is 41.5 Å². The van der Waals surface area contributed by atoms with E-state index in [0.717, 1.165) is 6.42 Å². The zero-order valence-electron chi connectivity index (χ0n) is 10.6. The average molecular weight is 247 g/mol. The summed E-state index contributed by atoms with van der Waals surface area (Å²) in [5, 5.41) is 1.31. The predicted molar refractivity (Wildman–Crippen MR) is 69.9 cm³/mol. The number of hydroxylamine groups is 2. The number of allylic oxidation sites excluding steroid dienone is 1. The maximum Gasteiger partial charge on any atom is 0.278 e. The van der Waals surface area contributed by atoms with Gasteiger partial charge in [0.25, 0.3) is 5.91 Å². The quantitative estimate of drug-likeness (QED) is 0.440. The zero-order valence-corrected chi connectivity index (χ0v) is 10.6. The van der Waals surface area contributed by atoms with Crippen molar-refractivity contribution in [1.29, 1.82) is 0 Å². The molecular weight excluding hydrogens is 230 g/mol. The number of aldehydes is 1. The van der Waals surface area contributed by atoms with Crippen molar-refractivity contribution in [2.45, 2.75) is 13.3 Å². The molecule has 1 rings (SSSR count). The average Bonchev–Trinajstić information content (AvgIpc) is 2.42. The molecule has 4 nitrogen and oxygen atoms in total. The molecule has 0 fully saturated rings. The van der Waals surface area contributed by atoms with E-state index in [1.807, 2.05) is 13.0 Å². The second-order valence-corrected chi connectivity index (χ2v) is 3.67. The largest absolute Gasteiger partial charge is 0.299 e. The van der Waals surface area contributed by atoms with Crippen LogP contribution >= 0.6 is 0 Å². The van der Waals surface area contributed by atoms with E-state index in [4.69, 9.17) is 4.84 Å². The summed E-state index contributed by atoms with van der Waals surface area (Å²) in [4.78, 5) is 27.6. The molecule has 0 aliphatic carbocycles. The monoisotopic (exact) mass is 247 g/mol. The van der Waals surface area contributed by atoms with Gasteiger partial charge in [0.1, 0.15) is 6.29 Å². The van der Waals surface area contributed by atoms with E-state index in [9.17, 15) is 9.59 Å². The molecule has 0 aliphatic rings. The Kier molecular flexibility index (Phi) is 5.80. The number of hydrogen-bond acceptors (Lipinski definition) is 3. The highest BCUT2D eigenvalue weighted by Gasteiger charge is 2.16. The molecule has 0 N–H and O–H groups in total. The third-order valence-corrected chi connectivity index (χ3v) is 2.42. The molecule has 0 atom stereocenters. The van der Waals surface area contributed by atoms with Crippen LogP contribution < -0.4 is 0 Å². The minimum absolute atomic E-state index is 0.203. The Morgan fingerprint density at radius 1 is 1.39 bits per heavy atom. The number of benzene rings is 1. The number of hydrogen-bond donors (Lipinski definition) is 0. The molecule has 0 spiro atoms. The molecular formula is C14H17NO3. The lowest BCUT2D eigenvalue weighted by atomic mass is 10.1. The molecule has 1 aromatic rings. The molecule has 0 aliphatic heterocycles. The van der Waals surface area contributed by atoms with Crippen LogP contribution in [0.15, 0.2) is 30.3 Å². The van der Waals surface area contributed by atoms with E-state index in [0.29, 0.717) is 24.0 Å². The van der Waals surface area contributed by atoms with Crippen molar-refractivity contribution in [1.82, 2.24) is 5.06 Å². The third kappa shape index (κ3) is 3.53. The lowest BCUT2D eigenvalue weighted by molar-refractivity contribution is -0.104. The first kappa shape index (κ1) is 14.1. The number of carbonyl (C=O) groups is 2. The van der Waals surface area contributed by atoms with Gasteiger partial charge in [0.2, 0.25) is 0 Å². The van der Waals surface area contributed by atoms with Crippen molar-refractivity contribution in [3.63, 3.8) is 0 Å². The van der Waals surface area contributed by atoms with Crippen LogP contribution in [0.2, 0.25) is 0 Å². The summed E-state index contributed by atoms with van der Waals surface area (Å²) in [6.07, 6.45) is 4.47. The van der Waals surface area contributed by atoms with E-state index in [1.165, 1.54) is 18.2 Å². The molecule has 0 heterocycles. The highest BCUT2D eigenvalue weighted by atomic mass is 16.7. The van der Waals surface area contributed by atoms with Crippen molar-refractivity contribution in [2.75, 3.05) is 13.7 Å². The predicted octanol–water partition coefficient (Wildman–Crippen LogP) is 2.31. The SMILES string of the molecule is CCCN(OC)C(=O)c1ccccc1/C=C/C=O. The summed E-state index contributed by atoms with van der Waals surface area (Å²) in [6, 6.07) is 7.10. The number of amides is 1. The molecule has 0 bridgehead atoms. The maximum absolute atomic E-state index is 12.2. The molecule has 0 unspecified atom stereocenters. The summed E-state index contributed by atoms with van der Waals surface area (Å²) in [6.45, 7) is 2.50. The van der Waals surface area contributed by atoms with E-state index in [1.54, 1.807) is 24.3 Å². The molecule has 4 heteroatoms. The fourth-order valence-corrected chi connectivity index (χ4v) is 1.59. The van der Waals surface area contributed by atoms with Crippen LogP contribution in [-0.2, 0) is 9.63 Å². The number of nitrogens with zero attached hydrogens (tertiary/aromatic N) is 1. The molecule has 1 aromatic carbocycles. The topological polar surface area (TPSA) is 46.6 Å². The highest BCUT2D eigenvalue weighted by Crippen LogP contribution is 2.14. The van der Waals surface area contributed by atoms with E-state index in [2.05, 4.69) is 0 Å². The van der Waals surface area contributed by atoms with Gasteiger partial charge in [-0.05, 0) is 24.1 Å². The summed E-state index contributed by atoms with van der Waals surface area (Å²) in [7, 11) is 1.47. The Morgan fingerprint density at radius 2 is 2.11 bits per heavy atom. The minimum atomic E-state index is -0.203. The van der Waals surface area contributed by atoms with Crippen LogP contribution in [0.1, 0.15) is 29.3 Å². The third-order valence-electron chi connectivity index (χ3n) is 2.42. The molecule has 0 radical (unpaired) electrons. The van der Waals surface area contributed by atoms with E-state index >= 15 is 0 Å². The second kappa shape index (κ2) is 7.40. The van der Waals surface area contributed by atoms with Crippen molar-refractivity contribution in [3.8, 4) is 0 Å². The van der Waals surface area contributed by atoms with Crippen LogP contribution in [-0.4, -0.2) is 30.9 Å². The molecule has 96 valence electrons. The first-order valence-corrected chi connectivity index (χ1v) is 5.81. The Balaban J connectivity index is 3.03. The van der Waals surface area contributed by atoms with Gasteiger partial charge in [-0.3, -0.25) is 14.4 Å². The van der Waals surface area contributed by atoms with Gasteiger partial charge in [-0.2, -0.15) is 0 Å². The lowest BCUT2D eigenvalue weighted by Gasteiger charge is -2.19. The van der Waals surface area contributed by atoms with Crippen LogP contribution in [0.5, 0.6) is 0 Å². The van der Waals surface area contributed by atoms with Gasteiger partial charge in [0.15, 0.2) is 0 Å². The Hall–Kier alpha value is -1.94. The Labute approximate surface area is 107 Å². The fraction of sp³-hybridized carbons (Fsp3) is 0.286. The van der Waals surface area contributed by atoms with Gasteiger partial charge in [-0.15, -0.1) is 0 Å². The standard InChI is InChI=1S/C14H17NO3/c1-3-10-15(18-2)14(17)13-9-5-4-7-12(13)8-6-11-16/h4-9,11H,3,10H2,1-2H3/b8-6+. The molecule has 0 saturated heterocycles. The van der Waals surface area contributed by atoms with Crippen LogP contribution in [0.25, 0.3) is 6.08 Å². The van der Waals surface area contributed by atoms with Gasteiger partial charge in [0.05, 0.1) is 7.11 Å². The summed E-state index contributed by atoms with van der Waals surface area (Å²) in [5.74, 6) is -0.203. The lowest BCUT2D eigenvalue weighted by Crippen LogP contribution is -2.31. The Morgan fingerprint density at radius 3 is 2.72 bits per heavy atom. The van der Waals surface area contributed by atoms with Crippen LogP contribution in [0.4, 0.5) is 0 Å². The van der Waals surface area contributed by atoms with Crippen molar-refractivity contribution >= 4 is 18.3 Å². The molecule has 1 amide bonds. The smallest absolute Gasteiger partial charge is 0.278 e. The van der Waals surface area contributed by atoms with Crippen molar-refractivity contribution < 1.29 is 14.4 Å². The first-order chi connectivity index (χ1) is 8.74. The van der Waals surface area contributed by atoms with E-state index < -0.39 is 0 Å².